The number of benzene rings is 1. The first-order valence-corrected chi connectivity index (χ1v) is 9.44. The van der Waals surface area contributed by atoms with Gasteiger partial charge in [-0.1, -0.05) is 0 Å². The summed E-state index contributed by atoms with van der Waals surface area (Å²) in [5.41, 5.74) is 0.352. The molecule has 0 spiro atoms. The van der Waals surface area contributed by atoms with Crippen LogP contribution in [0.1, 0.15) is 12.8 Å². The van der Waals surface area contributed by atoms with Crippen molar-refractivity contribution in [2.45, 2.75) is 23.8 Å². The van der Waals surface area contributed by atoms with Crippen molar-refractivity contribution < 1.29 is 13.3 Å². The van der Waals surface area contributed by atoms with Crippen LogP contribution in [-0.4, -0.2) is 57.4 Å². The number of piperidine rings is 1. The Labute approximate surface area is 141 Å². The van der Waals surface area contributed by atoms with Gasteiger partial charge in [-0.2, -0.15) is 0 Å². The molecule has 3 rings (SSSR count). The van der Waals surface area contributed by atoms with E-state index < -0.39 is 14.9 Å². The monoisotopic (exact) mass is 354 g/mol. The van der Waals surface area contributed by atoms with E-state index in [-0.39, 0.29) is 10.6 Å². The minimum absolute atomic E-state index is 0.0552. The standard InChI is InChI=1S/C15H22N4O4S/c1-17(2)24(22,23)12-3-4-14(15(9-12)19(20)21)18-8-6-13-11(10-18)5-7-16-13/h3-4,9,11,13,16H,5-8,10H2,1-2H3. The molecular formula is C15H22N4O4S. The second-order valence-electron chi connectivity index (χ2n) is 6.54. The average molecular weight is 354 g/mol. The van der Waals surface area contributed by atoms with E-state index in [0.717, 1.165) is 36.8 Å². The maximum absolute atomic E-state index is 12.2. The Morgan fingerprint density at radius 2 is 2.08 bits per heavy atom. The third kappa shape index (κ3) is 2.99. The number of hydrogen-bond acceptors (Lipinski definition) is 6. The first-order valence-electron chi connectivity index (χ1n) is 8.00. The Kier molecular flexibility index (Phi) is 4.50. The number of nitro benzene ring substituents is 1. The molecule has 9 heteroatoms. The van der Waals surface area contributed by atoms with Crippen LogP contribution in [0.3, 0.4) is 0 Å². The van der Waals surface area contributed by atoms with E-state index in [9.17, 15) is 18.5 Å². The molecule has 2 fully saturated rings. The molecule has 132 valence electrons. The molecule has 0 aliphatic carbocycles. The normalized spacial score (nSPS) is 24.2. The number of hydrogen-bond donors (Lipinski definition) is 1. The highest BCUT2D eigenvalue weighted by Gasteiger charge is 2.35. The first kappa shape index (κ1) is 17.1. The molecule has 2 aliphatic heterocycles. The van der Waals surface area contributed by atoms with Crippen molar-refractivity contribution in [3.63, 3.8) is 0 Å². The van der Waals surface area contributed by atoms with Crippen LogP contribution in [-0.2, 0) is 10.0 Å². The van der Waals surface area contributed by atoms with Crippen LogP contribution < -0.4 is 10.2 Å². The predicted octanol–water partition coefficient (Wildman–Crippen LogP) is 1.03. The van der Waals surface area contributed by atoms with Gasteiger partial charge in [0.05, 0.1) is 9.82 Å². The van der Waals surface area contributed by atoms with Gasteiger partial charge in [-0.15, -0.1) is 0 Å². The molecular weight excluding hydrogens is 332 g/mol. The van der Waals surface area contributed by atoms with E-state index in [1.165, 1.54) is 26.2 Å². The van der Waals surface area contributed by atoms with Crippen LogP contribution >= 0.6 is 0 Å². The summed E-state index contributed by atoms with van der Waals surface area (Å²) in [5.74, 6) is 0.489. The highest BCUT2D eigenvalue weighted by atomic mass is 32.2. The Hall–Kier alpha value is -1.71. The van der Waals surface area contributed by atoms with E-state index in [1.807, 2.05) is 4.90 Å². The van der Waals surface area contributed by atoms with Crippen LogP contribution in [0.15, 0.2) is 23.1 Å². The van der Waals surface area contributed by atoms with Crippen LogP contribution in [0.25, 0.3) is 0 Å². The lowest BCUT2D eigenvalue weighted by Gasteiger charge is -2.36. The number of sulfonamides is 1. The Morgan fingerprint density at radius 1 is 1.33 bits per heavy atom. The van der Waals surface area contributed by atoms with E-state index in [1.54, 1.807) is 6.07 Å². The fraction of sp³-hybridized carbons (Fsp3) is 0.600. The molecule has 2 unspecified atom stereocenters. The van der Waals surface area contributed by atoms with E-state index in [0.29, 0.717) is 17.6 Å². The van der Waals surface area contributed by atoms with E-state index >= 15 is 0 Å². The molecule has 0 saturated carbocycles. The van der Waals surface area contributed by atoms with Gasteiger partial charge in [0.2, 0.25) is 10.0 Å². The Balaban J connectivity index is 1.95. The molecule has 0 aromatic heterocycles. The molecule has 0 bridgehead atoms. The van der Waals surface area contributed by atoms with Gasteiger partial charge in [-0.25, -0.2) is 12.7 Å². The zero-order valence-corrected chi connectivity index (χ0v) is 14.6. The summed E-state index contributed by atoms with van der Waals surface area (Å²) in [4.78, 5) is 13.0. The van der Waals surface area contributed by atoms with Crippen molar-refractivity contribution in [3.05, 3.63) is 28.3 Å². The zero-order valence-electron chi connectivity index (χ0n) is 13.8. The molecule has 24 heavy (non-hydrogen) atoms. The van der Waals surface area contributed by atoms with E-state index in [4.69, 9.17) is 0 Å². The van der Waals surface area contributed by atoms with Gasteiger partial charge in [0.15, 0.2) is 0 Å². The van der Waals surface area contributed by atoms with Crippen molar-refractivity contribution in [2.24, 2.45) is 5.92 Å². The summed E-state index contributed by atoms with van der Waals surface area (Å²) in [6.45, 7) is 2.48. The molecule has 1 aromatic rings. The van der Waals surface area contributed by atoms with Gasteiger partial charge in [0.25, 0.3) is 5.69 Å². The van der Waals surface area contributed by atoms with Gasteiger partial charge in [-0.05, 0) is 37.4 Å². The van der Waals surface area contributed by atoms with Crippen molar-refractivity contribution in [1.82, 2.24) is 9.62 Å². The quantitative estimate of drug-likeness (QED) is 0.641. The molecule has 0 amide bonds. The van der Waals surface area contributed by atoms with Crippen molar-refractivity contribution in [2.75, 3.05) is 38.6 Å². The minimum atomic E-state index is -3.69. The number of nitrogens with one attached hydrogen (secondary N) is 1. The van der Waals surface area contributed by atoms with E-state index in [2.05, 4.69) is 5.32 Å². The topological polar surface area (TPSA) is 95.8 Å². The zero-order chi connectivity index (χ0) is 17.5. The molecule has 1 N–H and O–H groups in total. The van der Waals surface area contributed by atoms with Gasteiger partial charge in [0.1, 0.15) is 5.69 Å². The van der Waals surface area contributed by atoms with Gasteiger partial charge >= 0.3 is 0 Å². The third-order valence-corrected chi connectivity index (χ3v) is 6.73. The fourth-order valence-corrected chi connectivity index (χ4v) is 4.48. The Bertz CT molecular complexity index is 750. The number of anilines is 1. The van der Waals surface area contributed by atoms with Crippen molar-refractivity contribution in [1.29, 1.82) is 0 Å². The molecule has 2 heterocycles. The fourth-order valence-electron chi connectivity index (χ4n) is 3.55. The van der Waals surface area contributed by atoms with Gasteiger partial charge in [-0.3, -0.25) is 10.1 Å². The highest BCUT2D eigenvalue weighted by Crippen LogP contribution is 2.35. The third-order valence-electron chi connectivity index (χ3n) is 4.92. The second-order valence-corrected chi connectivity index (χ2v) is 8.69. The summed E-state index contributed by atoms with van der Waals surface area (Å²) in [6, 6.07) is 4.69. The minimum Gasteiger partial charge on any atom is -0.366 e. The molecule has 2 atom stereocenters. The maximum atomic E-state index is 12.2. The number of nitrogens with zero attached hydrogens (tertiary/aromatic N) is 3. The summed E-state index contributed by atoms with van der Waals surface area (Å²) >= 11 is 0. The van der Waals surface area contributed by atoms with Crippen LogP contribution in [0.2, 0.25) is 0 Å². The summed E-state index contributed by atoms with van der Waals surface area (Å²) in [7, 11) is -0.875. The Morgan fingerprint density at radius 3 is 2.75 bits per heavy atom. The van der Waals surface area contributed by atoms with Crippen molar-refractivity contribution >= 4 is 21.4 Å². The van der Waals surface area contributed by atoms with Crippen molar-refractivity contribution in [3.8, 4) is 0 Å². The largest absolute Gasteiger partial charge is 0.366 e. The molecule has 1 aromatic carbocycles. The summed E-state index contributed by atoms with van der Waals surface area (Å²) in [6.07, 6.45) is 2.02. The lowest BCUT2D eigenvalue weighted by atomic mass is 9.93. The van der Waals surface area contributed by atoms with Crippen LogP contribution in [0, 0.1) is 16.0 Å². The molecule has 2 aliphatic rings. The lowest BCUT2D eigenvalue weighted by Crippen LogP contribution is -2.44. The lowest BCUT2D eigenvalue weighted by molar-refractivity contribution is -0.384. The number of nitro groups is 1. The van der Waals surface area contributed by atoms with Gasteiger partial charge < -0.3 is 10.2 Å². The van der Waals surface area contributed by atoms with Crippen LogP contribution in [0.5, 0.6) is 0 Å². The maximum Gasteiger partial charge on any atom is 0.293 e. The highest BCUT2D eigenvalue weighted by molar-refractivity contribution is 7.89. The molecule has 2 saturated heterocycles. The van der Waals surface area contributed by atoms with Gasteiger partial charge in [0, 0.05) is 39.3 Å². The molecule has 8 nitrogen and oxygen atoms in total. The summed E-state index contributed by atoms with van der Waals surface area (Å²) in [5, 5.41) is 15.0. The predicted molar refractivity (Wildman–Crippen MR) is 90.7 cm³/mol. The first-order chi connectivity index (χ1) is 11.3. The smallest absolute Gasteiger partial charge is 0.293 e. The van der Waals surface area contributed by atoms with Crippen LogP contribution in [0.4, 0.5) is 11.4 Å². The number of fused-ring (bicyclic) bond motifs is 1. The summed E-state index contributed by atoms with van der Waals surface area (Å²) < 4.78 is 25.5. The molecule has 0 radical (unpaired) electrons. The second kappa shape index (κ2) is 6.30. The SMILES string of the molecule is CN(C)S(=O)(=O)c1ccc(N2CCC3NCCC3C2)c([N+](=O)[O-])c1. The number of rotatable bonds is 4. The average Bonchev–Trinajstić information content (AvgIpc) is 3.01.